The summed E-state index contributed by atoms with van der Waals surface area (Å²) in [5.41, 5.74) is 1.43. The summed E-state index contributed by atoms with van der Waals surface area (Å²) in [6.45, 7) is 2.18. The van der Waals surface area contributed by atoms with Gasteiger partial charge in [-0.2, -0.15) is 0 Å². The van der Waals surface area contributed by atoms with E-state index in [1.807, 2.05) is 37.3 Å². The lowest BCUT2D eigenvalue weighted by molar-refractivity contribution is 0.0895. The third-order valence-corrected chi connectivity index (χ3v) is 4.59. The number of benzene rings is 2. The Bertz CT molecular complexity index is 836. The number of aliphatic hydroxyl groups is 1. The van der Waals surface area contributed by atoms with Gasteiger partial charge in [-0.05, 0) is 36.2 Å². The highest BCUT2D eigenvalue weighted by molar-refractivity contribution is 7.92. The van der Waals surface area contributed by atoms with Crippen molar-refractivity contribution < 1.29 is 18.3 Å². The van der Waals surface area contributed by atoms with Gasteiger partial charge in [0.2, 0.25) is 10.0 Å². The molecule has 2 aromatic carbocycles. The summed E-state index contributed by atoms with van der Waals surface area (Å²) < 4.78 is 24.8. The van der Waals surface area contributed by atoms with Gasteiger partial charge >= 0.3 is 0 Å². The van der Waals surface area contributed by atoms with Crippen LogP contribution in [0.1, 0.15) is 22.8 Å². The molecule has 0 saturated carbocycles. The Morgan fingerprint density at radius 1 is 1.08 bits per heavy atom. The molecule has 0 bridgehead atoms. The third-order valence-electron chi connectivity index (χ3n) is 3.98. The van der Waals surface area contributed by atoms with Crippen molar-refractivity contribution in [2.45, 2.75) is 13.3 Å². The van der Waals surface area contributed by atoms with Crippen molar-refractivity contribution in [1.29, 1.82) is 0 Å². The number of hydrogen-bond acceptors (Lipinski definition) is 4. The molecule has 0 aliphatic rings. The van der Waals surface area contributed by atoms with Gasteiger partial charge in [-0.3, -0.25) is 9.52 Å². The van der Waals surface area contributed by atoms with Crippen molar-refractivity contribution in [2.75, 3.05) is 24.1 Å². The zero-order chi connectivity index (χ0) is 19.2. The van der Waals surface area contributed by atoms with Crippen molar-refractivity contribution in [3.63, 3.8) is 0 Å². The molecule has 6 nitrogen and oxygen atoms in total. The van der Waals surface area contributed by atoms with Crippen LogP contribution >= 0.6 is 0 Å². The Morgan fingerprint density at radius 2 is 1.69 bits per heavy atom. The molecule has 2 aromatic rings. The van der Waals surface area contributed by atoms with Crippen molar-refractivity contribution >= 4 is 21.6 Å². The topological polar surface area (TPSA) is 95.5 Å². The SMILES string of the molecule is C[C@@](CO)(CNC(=O)c1ccc(NS(C)(=O)=O)cc1)Cc1ccccc1. The summed E-state index contributed by atoms with van der Waals surface area (Å²) in [5.74, 6) is -0.274. The molecule has 0 heterocycles. The number of hydrogen-bond donors (Lipinski definition) is 3. The van der Waals surface area contributed by atoms with Crippen molar-refractivity contribution in [3.8, 4) is 0 Å². The van der Waals surface area contributed by atoms with Gasteiger partial charge in [-0.15, -0.1) is 0 Å². The summed E-state index contributed by atoms with van der Waals surface area (Å²) in [4.78, 5) is 12.3. The van der Waals surface area contributed by atoms with E-state index >= 15 is 0 Å². The highest BCUT2D eigenvalue weighted by atomic mass is 32.2. The van der Waals surface area contributed by atoms with Gasteiger partial charge in [0.25, 0.3) is 5.91 Å². The monoisotopic (exact) mass is 376 g/mol. The quantitative estimate of drug-likeness (QED) is 0.657. The second kappa shape index (κ2) is 8.33. The Morgan fingerprint density at radius 3 is 2.23 bits per heavy atom. The molecule has 0 spiro atoms. The molecular weight excluding hydrogens is 352 g/mol. The van der Waals surface area contributed by atoms with Gasteiger partial charge in [0, 0.05) is 23.2 Å². The van der Waals surface area contributed by atoms with Crippen molar-refractivity contribution in [2.24, 2.45) is 5.41 Å². The molecule has 26 heavy (non-hydrogen) atoms. The number of carbonyl (C=O) groups excluding carboxylic acids is 1. The average Bonchev–Trinajstić information content (AvgIpc) is 2.60. The van der Waals surface area contributed by atoms with Crippen LogP contribution in [-0.4, -0.2) is 38.8 Å². The van der Waals surface area contributed by atoms with Gasteiger partial charge in [-0.25, -0.2) is 8.42 Å². The molecule has 0 radical (unpaired) electrons. The minimum Gasteiger partial charge on any atom is -0.396 e. The largest absolute Gasteiger partial charge is 0.396 e. The summed E-state index contributed by atoms with van der Waals surface area (Å²) >= 11 is 0. The van der Waals surface area contributed by atoms with Crippen molar-refractivity contribution in [1.82, 2.24) is 5.32 Å². The molecule has 1 amide bonds. The number of nitrogens with one attached hydrogen (secondary N) is 2. The maximum absolute atomic E-state index is 12.3. The molecule has 0 fully saturated rings. The summed E-state index contributed by atoms with van der Waals surface area (Å²) in [6.07, 6.45) is 1.71. The van der Waals surface area contributed by atoms with Crippen LogP contribution in [0.5, 0.6) is 0 Å². The van der Waals surface area contributed by atoms with Gasteiger partial charge in [-0.1, -0.05) is 37.3 Å². The Hall–Kier alpha value is -2.38. The minimum absolute atomic E-state index is 0.0562. The normalized spacial score (nSPS) is 13.7. The first-order valence-corrected chi connectivity index (χ1v) is 10.1. The highest BCUT2D eigenvalue weighted by Gasteiger charge is 2.25. The van der Waals surface area contributed by atoms with E-state index in [4.69, 9.17) is 0 Å². The van der Waals surface area contributed by atoms with Crippen LogP contribution in [0, 0.1) is 5.41 Å². The molecule has 0 aromatic heterocycles. The fraction of sp³-hybridized carbons (Fsp3) is 0.316. The molecule has 3 N–H and O–H groups in total. The van der Waals surface area contributed by atoms with Crippen LogP contribution in [-0.2, 0) is 16.4 Å². The Balaban J connectivity index is 1.97. The van der Waals surface area contributed by atoms with Crippen LogP contribution < -0.4 is 10.0 Å². The number of aliphatic hydroxyl groups excluding tert-OH is 1. The van der Waals surface area contributed by atoms with Gasteiger partial charge in [0.15, 0.2) is 0 Å². The minimum atomic E-state index is -3.35. The first-order chi connectivity index (χ1) is 12.2. The van der Waals surface area contributed by atoms with Crippen LogP contribution in [0.4, 0.5) is 5.69 Å². The lowest BCUT2D eigenvalue weighted by Crippen LogP contribution is -2.39. The predicted molar refractivity (Wildman–Crippen MR) is 103 cm³/mol. The zero-order valence-corrected chi connectivity index (χ0v) is 15.7. The molecule has 0 aliphatic carbocycles. The van der Waals surface area contributed by atoms with E-state index in [-0.39, 0.29) is 12.5 Å². The Labute approximate surface area is 154 Å². The van der Waals surface area contributed by atoms with Gasteiger partial charge in [0.05, 0.1) is 12.9 Å². The first-order valence-electron chi connectivity index (χ1n) is 8.22. The van der Waals surface area contributed by atoms with Crippen LogP contribution in [0.15, 0.2) is 54.6 Å². The predicted octanol–water partition coefficient (Wildman–Crippen LogP) is 2.03. The van der Waals surface area contributed by atoms with E-state index in [9.17, 15) is 18.3 Å². The van der Waals surface area contributed by atoms with E-state index in [1.165, 1.54) is 12.1 Å². The molecule has 1 atom stereocenters. The average molecular weight is 376 g/mol. The third kappa shape index (κ3) is 6.16. The van der Waals surface area contributed by atoms with Crippen molar-refractivity contribution in [3.05, 3.63) is 65.7 Å². The summed E-state index contributed by atoms with van der Waals surface area (Å²) in [7, 11) is -3.35. The molecule has 0 saturated heterocycles. The summed E-state index contributed by atoms with van der Waals surface area (Å²) in [6, 6.07) is 16.0. The number of rotatable bonds is 8. The lowest BCUT2D eigenvalue weighted by atomic mass is 9.84. The fourth-order valence-electron chi connectivity index (χ4n) is 2.56. The number of sulfonamides is 1. The smallest absolute Gasteiger partial charge is 0.251 e. The molecule has 7 heteroatoms. The van der Waals surface area contributed by atoms with Crippen LogP contribution in [0.25, 0.3) is 0 Å². The first kappa shape index (κ1) is 19.9. The highest BCUT2D eigenvalue weighted by Crippen LogP contribution is 2.21. The van der Waals surface area contributed by atoms with E-state index in [2.05, 4.69) is 10.0 Å². The fourth-order valence-corrected chi connectivity index (χ4v) is 3.13. The lowest BCUT2D eigenvalue weighted by Gasteiger charge is -2.27. The number of amides is 1. The second-order valence-electron chi connectivity index (χ2n) is 6.77. The van der Waals surface area contributed by atoms with Crippen LogP contribution in [0.3, 0.4) is 0 Å². The molecule has 2 rings (SSSR count). The zero-order valence-electron chi connectivity index (χ0n) is 14.9. The van der Waals surface area contributed by atoms with E-state index in [0.717, 1.165) is 11.8 Å². The molecular formula is C19H24N2O4S. The second-order valence-corrected chi connectivity index (χ2v) is 8.51. The maximum atomic E-state index is 12.3. The van der Waals surface area contributed by atoms with Crippen LogP contribution in [0.2, 0.25) is 0 Å². The van der Waals surface area contributed by atoms with Gasteiger partial charge in [0.1, 0.15) is 0 Å². The molecule has 140 valence electrons. The van der Waals surface area contributed by atoms with Gasteiger partial charge < -0.3 is 10.4 Å². The number of anilines is 1. The molecule has 0 unspecified atom stereocenters. The number of carbonyl (C=O) groups is 1. The Kier molecular flexibility index (Phi) is 6.39. The summed E-state index contributed by atoms with van der Waals surface area (Å²) in [5, 5.41) is 12.6. The van der Waals surface area contributed by atoms with E-state index in [1.54, 1.807) is 12.1 Å². The maximum Gasteiger partial charge on any atom is 0.251 e. The molecule has 0 aliphatic heterocycles. The van der Waals surface area contributed by atoms with E-state index in [0.29, 0.717) is 24.2 Å². The standard InChI is InChI=1S/C19H24N2O4S/c1-19(14-22,12-15-6-4-3-5-7-15)13-20-18(23)16-8-10-17(11-9-16)21-26(2,24)25/h3-11,21-22H,12-14H2,1-2H3,(H,20,23)/t19-/m0/s1. The van der Waals surface area contributed by atoms with E-state index < -0.39 is 15.4 Å².